The van der Waals surface area contributed by atoms with Crippen LogP contribution in [0.5, 0.6) is 0 Å². The van der Waals surface area contributed by atoms with Gasteiger partial charge in [-0.15, -0.1) is 0 Å². The lowest BCUT2D eigenvalue weighted by atomic mass is 9.97. The summed E-state index contributed by atoms with van der Waals surface area (Å²) < 4.78 is 12.5. The minimum atomic E-state index is -0.501. The zero-order chi connectivity index (χ0) is 17.4. The predicted molar refractivity (Wildman–Crippen MR) is 102 cm³/mol. The molecule has 1 saturated carbocycles. The highest BCUT2D eigenvalue weighted by molar-refractivity contribution is 9.13. The number of carbonyl (C=O) groups is 1. The summed E-state index contributed by atoms with van der Waals surface area (Å²) in [5.41, 5.74) is 2.63. The topological polar surface area (TPSA) is 52.3 Å². The van der Waals surface area contributed by atoms with Crippen molar-refractivity contribution in [2.45, 2.75) is 32.6 Å². The lowest BCUT2D eigenvalue weighted by molar-refractivity contribution is 0.0514. The number of halogens is 2. The van der Waals surface area contributed by atoms with E-state index >= 15 is 0 Å². The van der Waals surface area contributed by atoms with Crippen LogP contribution in [0, 0.1) is 6.92 Å². The van der Waals surface area contributed by atoms with Crippen LogP contribution in [0.3, 0.4) is 0 Å². The van der Waals surface area contributed by atoms with Gasteiger partial charge < -0.3 is 9.26 Å². The van der Waals surface area contributed by atoms with Crippen molar-refractivity contribution in [2.24, 2.45) is 0 Å². The first-order chi connectivity index (χ1) is 11.5. The molecule has 24 heavy (non-hydrogen) atoms. The van der Waals surface area contributed by atoms with Gasteiger partial charge in [-0.3, -0.25) is 0 Å². The smallest absolute Gasteiger partial charge is 0.361 e. The van der Waals surface area contributed by atoms with Crippen molar-refractivity contribution < 1.29 is 14.1 Å². The van der Waals surface area contributed by atoms with E-state index in [1.807, 2.05) is 19.1 Å². The Labute approximate surface area is 162 Å². The van der Waals surface area contributed by atoms with E-state index in [0.29, 0.717) is 16.2 Å². The molecule has 2 aromatic rings. The summed E-state index contributed by atoms with van der Waals surface area (Å²) in [6, 6.07) is 3.86. The summed E-state index contributed by atoms with van der Waals surface area (Å²) >= 11 is 12.8. The van der Waals surface area contributed by atoms with Gasteiger partial charge in [0, 0.05) is 14.9 Å². The highest BCUT2D eigenvalue weighted by Gasteiger charge is 2.36. The quantitative estimate of drug-likeness (QED) is 0.334. The Morgan fingerprint density at radius 3 is 2.75 bits per heavy atom. The normalized spacial score (nSPS) is 13.8. The molecule has 0 saturated heterocycles. The van der Waals surface area contributed by atoms with Crippen LogP contribution in [0.2, 0.25) is 0 Å². The van der Waals surface area contributed by atoms with E-state index in [2.05, 4.69) is 37.0 Å². The van der Waals surface area contributed by atoms with Gasteiger partial charge in [0.2, 0.25) is 0 Å². The van der Waals surface area contributed by atoms with Crippen LogP contribution in [0.15, 0.2) is 25.6 Å². The van der Waals surface area contributed by atoms with Gasteiger partial charge in [-0.1, -0.05) is 23.4 Å². The van der Waals surface area contributed by atoms with E-state index in [1.54, 1.807) is 6.92 Å². The molecule has 1 aromatic heterocycles. The summed E-state index contributed by atoms with van der Waals surface area (Å²) in [5.74, 6) is 0.480. The molecule has 0 unspecified atom stereocenters. The first-order valence-corrected chi connectivity index (χ1v) is 9.61. The lowest BCUT2D eigenvalue weighted by Crippen LogP contribution is -2.13. The number of carbonyl (C=O) groups excluding carboxylic acids is 1. The number of nitrogens with zero attached hydrogens (tertiary/aromatic N) is 1. The Morgan fingerprint density at radius 1 is 1.42 bits per heavy atom. The molecule has 1 aromatic carbocycles. The predicted octanol–water partition coefficient (Wildman–Crippen LogP) is 5.33. The second kappa shape index (κ2) is 7.06. The average molecular weight is 473 g/mol. The van der Waals surface area contributed by atoms with Crippen LogP contribution in [0.25, 0.3) is 0 Å². The fourth-order valence-corrected chi connectivity index (χ4v) is 3.71. The van der Waals surface area contributed by atoms with Gasteiger partial charge in [-0.25, -0.2) is 4.79 Å². The van der Waals surface area contributed by atoms with Crippen molar-refractivity contribution in [1.29, 1.82) is 0 Å². The molecule has 126 valence electrons. The van der Waals surface area contributed by atoms with E-state index in [9.17, 15) is 4.79 Å². The molecule has 1 aliphatic carbocycles. The van der Waals surface area contributed by atoms with E-state index < -0.39 is 5.97 Å². The molecule has 0 bridgehead atoms. The van der Waals surface area contributed by atoms with E-state index in [1.165, 1.54) is 0 Å². The number of ether oxygens (including phenoxy) is 1. The van der Waals surface area contributed by atoms with Gasteiger partial charge in [0.25, 0.3) is 0 Å². The molecule has 3 rings (SSSR count). The third kappa shape index (κ3) is 3.21. The number of hydrogen-bond acceptors (Lipinski definition) is 5. The van der Waals surface area contributed by atoms with Gasteiger partial charge in [0.1, 0.15) is 5.76 Å². The third-order valence-electron chi connectivity index (χ3n) is 3.95. The van der Waals surface area contributed by atoms with Crippen LogP contribution in [-0.2, 0) is 4.74 Å². The number of rotatable bonds is 5. The molecule has 0 amide bonds. The summed E-state index contributed by atoms with van der Waals surface area (Å²) in [6.07, 6.45) is 2.05. The Bertz CT molecular complexity index is 827. The van der Waals surface area contributed by atoms with Crippen LogP contribution >= 0.6 is 44.1 Å². The van der Waals surface area contributed by atoms with Crippen LogP contribution in [0.4, 0.5) is 0 Å². The van der Waals surface area contributed by atoms with Crippen molar-refractivity contribution in [3.8, 4) is 0 Å². The van der Waals surface area contributed by atoms with E-state index in [4.69, 9.17) is 21.5 Å². The number of hydrogen-bond donors (Lipinski definition) is 0. The fourth-order valence-electron chi connectivity index (χ4n) is 2.52. The molecule has 0 radical (unpaired) electrons. The number of aromatic nitrogens is 1. The SMILES string of the molecule is CCOC(=O)c1noc(C2CC2)c1C(=S)c1ccc(Br)c(Br)c1C. The Hall–Kier alpha value is -1.05. The largest absolute Gasteiger partial charge is 0.461 e. The zero-order valence-electron chi connectivity index (χ0n) is 13.2. The van der Waals surface area contributed by atoms with Crippen molar-refractivity contribution in [3.63, 3.8) is 0 Å². The maximum absolute atomic E-state index is 12.2. The maximum Gasteiger partial charge on any atom is 0.361 e. The molecule has 0 aliphatic heterocycles. The highest BCUT2D eigenvalue weighted by atomic mass is 79.9. The van der Waals surface area contributed by atoms with Crippen molar-refractivity contribution in [2.75, 3.05) is 6.61 Å². The molecular formula is C17H15Br2NO3S. The van der Waals surface area contributed by atoms with Crippen molar-refractivity contribution >= 4 is 54.9 Å². The van der Waals surface area contributed by atoms with E-state index in [0.717, 1.165) is 32.9 Å². The van der Waals surface area contributed by atoms with Gasteiger partial charge >= 0.3 is 5.97 Å². The molecule has 7 heteroatoms. The fraction of sp³-hybridized carbons (Fsp3) is 0.353. The van der Waals surface area contributed by atoms with Gasteiger partial charge in [0.05, 0.1) is 17.0 Å². The monoisotopic (exact) mass is 471 g/mol. The lowest BCUT2D eigenvalue weighted by Gasteiger charge is -2.11. The molecule has 0 spiro atoms. The molecule has 1 heterocycles. The third-order valence-corrected chi connectivity index (χ3v) is 6.59. The van der Waals surface area contributed by atoms with Crippen LogP contribution in [0.1, 0.15) is 58.6 Å². The minimum absolute atomic E-state index is 0.169. The number of esters is 1. The summed E-state index contributed by atoms with van der Waals surface area (Å²) in [7, 11) is 0. The summed E-state index contributed by atoms with van der Waals surface area (Å²) in [4.78, 5) is 12.8. The highest BCUT2D eigenvalue weighted by Crippen LogP contribution is 2.43. The summed E-state index contributed by atoms with van der Waals surface area (Å²) in [5, 5.41) is 3.95. The van der Waals surface area contributed by atoms with Crippen molar-refractivity contribution in [1.82, 2.24) is 5.16 Å². The second-order valence-electron chi connectivity index (χ2n) is 5.63. The molecule has 1 aliphatic rings. The Morgan fingerprint density at radius 2 is 2.12 bits per heavy atom. The zero-order valence-corrected chi connectivity index (χ0v) is 17.2. The number of benzene rings is 1. The summed E-state index contributed by atoms with van der Waals surface area (Å²) in [6.45, 7) is 4.01. The molecule has 4 nitrogen and oxygen atoms in total. The molecule has 0 atom stereocenters. The average Bonchev–Trinajstić information content (AvgIpc) is 3.30. The van der Waals surface area contributed by atoms with Gasteiger partial charge in [0.15, 0.2) is 5.69 Å². The molecule has 1 fully saturated rings. The van der Waals surface area contributed by atoms with Crippen molar-refractivity contribution in [3.05, 3.63) is 49.2 Å². The maximum atomic E-state index is 12.2. The first-order valence-electron chi connectivity index (χ1n) is 7.61. The van der Waals surface area contributed by atoms with Crippen LogP contribution < -0.4 is 0 Å². The Balaban J connectivity index is 2.10. The Kier molecular flexibility index (Phi) is 5.22. The number of thiocarbonyl (C=S) groups is 1. The van der Waals surface area contributed by atoms with Gasteiger partial charge in [-0.2, -0.15) is 0 Å². The van der Waals surface area contributed by atoms with Gasteiger partial charge in [-0.05, 0) is 75.7 Å². The molecule has 0 N–H and O–H groups in total. The first kappa shape index (κ1) is 17.8. The minimum Gasteiger partial charge on any atom is -0.461 e. The van der Waals surface area contributed by atoms with E-state index in [-0.39, 0.29) is 18.2 Å². The standard InChI is InChI=1S/C17H15Br2NO3S/c1-3-22-17(21)14-12(15(23-20-14)9-4-5-9)16(24)10-6-7-11(18)13(19)8(10)2/h6-7,9H,3-5H2,1-2H3. The second-order valence-corrected chi connectivity index (χ2v) is 7.68. The molecular weight excluding hydrogens is 458 g/mol. The van der Waals surface area contributed by atoms with Crippen LogP contribution in [-0.4, -0.2) is 22.6 Å².